The minimum absolute atomic E-state index is 0.0490. The van der Waals surface area contributed by atoms with Gasteiger partial charge in [-0.05, 0) is 142 Å². The topological polar surface area (TPSA) is 209 Å². The summed E-state index contributed by atoms with van der Waals surface area (Å²) in [6.07, 6.45) is -1.66. The molecule has 4 atom stereocenters. The van der Waals surface area contributed by atoms with Crippen molar-refractivity contribution in [2.75, 3.05) is 21.1 Å². The van der Waals surface area contributed by atoms with E-state index in [-0.39, 0.29) is 34.2 Å². The molecule has 0 aromatic heterocycles. The molecule has 7 rings (SSSR count). The van der Waals surface area contributed by atoms with Crippen molar-refractivity contribution in [3.8, 4) is 0 Å². The minimum atomic E-state index is -4.18. The summed E-state index contributed by atoms with van der Waals surface area (Å²) in [6, 6.07) is 16.5. The molecule has 3 saturated heterocycles. The molecule has 32 heteroatoms. The lowest BCUT2D eigenvalue weighted by molar-refractivity contribution is -0.308. The van der Waals surface area contributed by atoms with E-state index in [9.17, 15) is 106 Å². The molecule has 3 fully saturated rings. The normalized spacial score (nSPS) is 19.8. The van der Waals surface area contributed by atoms with Crippen LogP contribution in [0, 0.1) is 65.1 Å². The standard InChI is InChI=1S/C17H20F5NO2.C15H16F5NO2.C15H25F4NO2.C9H9IO2.C8H7IO2.C4H7IO2/c1-16(2)6-8(7-17(3,4)23(16)5)25-15(24)9-10(18)12(20)14(22)13(21)11(9)19;1-6-4-8(5-7(2)21(6)3)23-15(22)9-10(16)12(18)14(20)13(19)11(9)17;1-12(2)7-10(8-13(3,4)20(12)6)22-11(21)15(18,19)9-14(5,16)17;1-6-2-4-7(5-3-6)8(10)9(11)12;9-7(8(10)11)6-4-2-1-3-5-6;1-4(2,5)3(6)7/h8H,6-7H2,1-5H3;6-8H,4-5H2,1-3H3;10H,7-9H2,1-6H3;2-5,8H,1H3,(H,11,12);1-5,7H,(H,10,11);1-2H3,(H,6,7)/p-3. The van der Waals surface area contributed by atoms with Gasteiger partial charge in [0.1, 0.15) is 29.4 Å². The van der Waals surface area contributed by atoms with Crippen molar-refractivity contribution in [1.82, 2.24) is 14.7 Å². The van der Waals surface area contributed by atoms with E-state index in [0.717, 1.165) is 16.7 Å². The van der Waals surface area contributed by atoms with Crippen LogP contribution in [0.5, 0.6) is 0 Å². The summed E-state index contributed by atoms with van der Waals surface area (Å²) >= 11 is 5.49. The Bertz CT molecular complexity index is 3400. The third kappa shape index (κ3) is 25.6. The lowest BCUT2D eigenvalue weighted by Gasteiger charge is -2.53. The molecular formula is C68H81F14I3N3O12-3. The maximum Gasteiger partial charge on any atom is 0.377 e. The summed E-state index contributed by atoms with van der Waals surface area (Å²) in [5.74, 6) is -37.9. The van der Waals surface area contributed by atoms with Crippen LogP contribution in [-0.4, -0.2) is 139 Å². The van der Waals surface area contributed by atoms with Crippen molar-refractivity contribution >= 4 is 104 Å². The van der Waals surface area contributed by atoms with Gasteiger partial charge in [-0.25, -0.2) is 67.1 Å². The second kappa shape index (κ2) is 36.5. The van der Waals surface area contributed by atoms with Gasteiger partial charge in [0.05, 0.1) is 35.6 Å². The molecular weight excluding hydrogens is 1700 g/mol. The fourth-order valence-corrected chi connectivity index (χ4v) is 11.6. The van der Waals surface area contributed by atoms with Crippen LogP contribution in [-0.2, 0) is 33.4 Å². The highest BCUT2D eigenvalue weighted by molar-refractivity contribution is 14.1. The van der Waals surface area contributed by atoms with Gasteiger partial charge in [0.2, 0.25) is 11.6 Å². The van der Waals surface area contributed by atoms with Crippen LogP contribution in [0.25, 0.3) is 0 Å². The quantitative estimate of drug-likeness (QED) is 0.0232. The molecule has 100 heavy (non-hydrogen) atoms. The number of piperidine rings is 3. The predicted octanol–water partition coefficient (Wildman–Crippen LogP) is 13.5. The SMILES string of the molecule is CC(C)(I)C(=O)[O-].CC1CC(OC(=O)c2c(F)c(F)c(F)c(F)c2F)CC(C)N1C.CN1C(C)(C)CC(OC(=O)C(F)(F)CC(C)(F)F)CC1(C)C.CN1C(C)(C)CC(OC(=O)c2c(F)c(F)c(F)c(F)c2F)CC1(C)C.Cc1ccc(C(I)C(=O)[O-])cc1.O=C([O-])C(I)c1ccccc1. The van der Waals surface area contributed by atoms with Crippen LogP contribution in [0.1, 0.15) is 180 Å². The van der Waals surface area contributed by atoms with Gasteiger partial charge in [0.15, 0.2) is 46.5 Å². The Morgan fingerprint density at radius 3 is 1.07 bits per heavy atom. The summed E-state index contributed by atoms with van der Waals surface area (Å²) in [4.78, 5) is 72.6. The summed E-state index contributed by atoms with van der Waals surface area (Å²) < 4.78 is 199. The minimum Gasteiger partial charge on any atom is -0.549 e. The molecule has 0 radical (unpaired) electrons. The highest BCUT2D eigenvalue weighted by Crippen LogP contribution is 2.42. The van der Waals surface area contributed by atoms with Crippen molar-refractivity contribution in [1.29, 1.82) is 0 Å². The molecule has 562 valence electrons. The van der Waals surface area contributed by atoms with Crippen LogP contribution in [0.3, 0.4) is 0 Å². The maximum atomic E-state index is 13.7. The molecule has 3 aliphatic rings. The molecule has 15 nitrogen and oxygen atoms in total. The van der Waals surface area contributed by atoms with Crippen LogP contribution in [0.2, 0.25) is 0 Å². The fraction of sp³-hybridized carbons (Fsp3) is 0.559. The number of halogens is 17. The molecule has 0 N–H and O–H groups in total. The lowest BCUT2D eigenvalue weighted by atomic mass is 9.78. The van der Waals surface area contributed by atoms with E-state index in [2.05, 4.69) is 9.80 Å². The third-order valence-corrected chi connectivity index (χ3v) is 19.9. The molecule has 3 heterocycles. The Labute approximate surface area is 613 Å². The van der Waals surface area contributed by atoms with Gasteiger partial charge < -0.3 is 48.8 Å². The summed E-state index contributed by atoms with van der Waals surface area (Å²) in [5, 5.41) is 30.7. The molecule has 4 aromatic carbocycles. The van der Waals surface area contributed by atoms with Gasteiger partial charge in [0, 0.05) is 59.9 Å². The van der Waals surface area contributed by atoms with Crippen LogP contribution in [0.15, 0.2) is 54.6 Å². The van der Waals surface area contributed by atoms with Gasteiger partial charge in [-0.2, -0.15) is 8.78 Å². The smallest absolute Gasteiger partial charge is 0.377 e. The summed E-state index contributed by atoms with van der Waals surface area (Å²) in [7, 11) is 5.71. The number of hydrogen-bond donors (Lipinski definition) is 0. The Morgan fingerprint density at radius 1 is 0.500 bits per heavy atom. The second-order valence-corrected chi connectivity index (χ2v) is 32.6. The van der Waals surface area contributed by atoms with Crippen LogP contribution >= 0.6 is 67.8 Å². The number of ether oxygens (including phenoxy) is 3. The number of rotatable bonds is 13. The van der Waals surface area contributed by atoms with Gasteiger partial charge in [-0.1, -0.05) is 128 Å². The molecule has 4 unspecified atom stereocenters. The van der Waals surface area contributed by atoms with E-state index in [4.69, 9.17) is 14.2 Å². The van der Waals surface area contributed by atoms with Crippen molar-refractivity contribution < 1.29 is 120 Å². The zero-order valence-corrected chi connectivity index (χ0v) is 64.3. The summed E-state index contributed by atoms with van der Waals surface area (Å²) in [5.41, 5.74) is -1.92. The number of aliphatic carboxylic acids is 3. The average Bonchev–Trinajstić information content (AvgIpc) is 0.786. The van der Waals surface area contributed by atoms with Crippen molar-refractivity contribution in [2.24, 2.45) is 0 Å². The van der Waals surface area contributed by atoms with Gasteiger partial charge in [-0.3, -0.25) is 9.80 Å². The lowest BCUT2D eigenvalue weighted by Crippen LogP contribution is -2.60. The molecule has 4 aromatic rings. The largest absolute Gasteiger partial charge is 0.549 e. The van der Waals surface area contributed by atoms with Gasteiger partial charge in [-0.15, -0.1) is 0 Å². The van der Waals surface area contributed by atoms with E-state index >= 15 is 0 Å². The first-order valence-electron chi connectivity index (χ1n) is 30.6. The third-order valence-electron chi connectivity index (χ3n) is 17.0. The Morgan fingerprint density at radius 2 is 0.780 bits per heavy atom. The van der Waals surface area contributed by atoms with Gasteiger partial charge in [0.25, 0.3) is 5.92 Å². The van der Waals surface area contributed by atoms with E-state index in [1.54, 1.807) is 48.6 Å². The van der Waals surface area contributed by atoms with Crippen molar-refractivity contribution in [3.05, 3.63) is 141 Å². The van der Waals surface area contributed by atoms with Gasteiger partial charge >= 0.3 is 23.8 Å². The number of carbonyl (C=O) groups is 6. The Balaban J connectivity index is 0.000000426. The van der Waals surface area contributed by atoms with E-state index in [1.165, 1.54) is 0 Å². The van der Waals surface area contributed by atoms with Crippen LogP contribution in [0.4, 0.5) is 61.5 Å². The number of carboxylic acid groups (broad SMARTS) is 3. The van der Waals surface area contributed by atoms with Crippen LogP contribution < -0.4 is 15.3 Å². The fourth-order valence-electron chi connectivity index (χ4n) is 10.8. The summed E-state index contributed by atoms with van der Waals surface area (Å²) in [6.45, 7) is 24.6. The first-order valence-corrected chi connectivity index (χ1v) is 34.2. The van der Waals surface area contributed by atoms with Crippen molar-refractivity contribution in [3.63, 3.8) is 0 Å². The van der Waals surface area contributed by atoms with E-state index in [1.807, 2.05) is 190 Å². The number of carboxylic acids is 3. The molecule has 3 aliphatic heterocycles. The van der Waals surface area contributed by atoms with Crippen molar-refractivity contribution in [2.45, 2.75) is 218 Å². The maximum absolute atomic E-state index is 13.7. The number of carbonyl (C=O) groups excluding carboxylic acids is 6. The number of alkyl halides is 7. The molecule has 0 spiro atoms. The van der Waals surface area contributed by atoms with E-state index in [0.29, 0.717) is 45.4 Å². The van der Waals surface area contributed by atoms with E-state index < -0.39 is 153 Å². The molecule has 0 bridgehead atoms. The number of nitrogens with zero attached hydrogens (tertiary/aromatic N) is 3. The molecule has 0 amide bonds. The zero-order valence-electron chi connectivity index (χ0n) is 57.9. The number of aryl methyl sites for hydroxylation is 1. The first kappa shape index (κ1) is 90.9. The first-order chi connectivity index (χ1) is 45.3. The zero-order chi connectivity index (χ0) is 77.8. The highest BCUT2D eigenvalue weighted by Gasteiger charge is 2.51. The Kier molecular flexibility index (Phi) is 33.1. The molecule has 0 saturated carbocycles. The monoisotopic (exact) mass is 1780 g/mol. The second-order valence-electron chi connectivity index (χ2n) is 27.4. The highest BCUT2D eigenvalue weighted by atomic mass is 127. The predicted molar refractivity (Wildman–Crippen MR) is 361 cm³/mol. The number of benzene rings is 4. The number of hydrogen-bond acceptors (Lipinski definition) is 15. The number of likely N-dealkylation sites (tertiary alicyclic amines) is 3. The Hall–Kier alpha value is -5.21. The molecule has 0 aliphatic carbocycles. The average molecular weight is 1780 g/mol. The number of esters is 3.